The second-order valence-corrected chi connectivity index (χ2v) is 7.44. The molecule has 0 bridgehead atoms. The Morgan fingerprint density at radius 2 is 2.23 bits per heavy atom. The van der Waals surface area contributed by atoms with Crippen molar-refractivity contribution < 1.29 is 0 Å². The first-order chi connectivity index (χ1) is 12.7. The van der Waals surface area contributed by atoms with Crippen LogP contribution in [0.4, 0.5) is 10.9 Å². The van der Waals surface area contributed by atoms with Crippen molar-refractivity contribution in [2.45, 2.75) is 38.8 Å². The minimum atomic E-state index is 0.280. The molecule has 1 N–H and O–H groups in total. The van der Waals surface area contributed by atoms with E-state index in [9.17, 15) is 0 Å². The molecule has 4 rings (SSSR count). The third-order valence-corrected chi connectivity index (χ3v) is 5.14. The minimum Gasteiger partial charge on any atom is -0.340 e. The first kappa shape index (κ1) is 17.0. The number of anilines is 2. The highest BCUT2D eigenvalue weighted by atomic mass is 32.1. The van der Waals surface area contributed by atoms with Gasteiger partial charge in [0.25, 0.3) is 0 Å². The zero-order chi connectivity index (χ0) is 17.9. The molecule has 1 atom stereocenters. The number of hydrogen-bond acceptors (Lipinski definition) is 8. The zero-order valence-corrected chi connectivity index (χ0v) is 15.8. The predicted molar refractivity (Wildman–Crippen MR) is 100 cm³/mol. The molecule has 1 aliphatic rings. The molecule has 0 saturated carbocycles. The number of rotatable bonds is 5. The van der Waals surface area contributed by atoms with Gasteiger partial charge in [0.1, 0.15) is 17.2 Å². The highest BCUT2D eigenvalue weighted by Gasteiger charge is 2.26. The average Bonchev–Trinajstić information content (AvgIpc) is 3.27. The number of nitrogens with zero attached hydrogens (tertiary/aromatic N) is 7. The van der Waals surface area contributed by atoms with E-state index in [0.717, 1.165) is 47.7 Å². The molecule has 3 aromatic heterocycles. The first-order valence-electron chi connectivity index (χ1n) is 8.77. The fourth-order valence-electron chi connectivity index (χ4n) is 3.43. The lowest BCUT2D eigenvalue weighted by molar-refractivity contribution is 0.135. The predicted octanol–water partition coefficient (Wildman–Crippen LogP) is 2.84. The Labute approximate surface area is 156 Å². The second kappa shape index (κ2) is 7.46. The van der Waals surface area contributed by atoms with E-state index in [4.69, 9.17) is 4.98 Å². The molecule has 136 valence electrons. The molecule has 3 aromatic rings. The highest BCUT2D eigenvalue weighted by Crippen LogP contribution is 2.32. The maximum atomic E-state index is 4.73. The molecule has 1 saturated heterocycles. The maximum Gasteiger partial charge on any atom is 0.210 e. The molecule has 1 aliphatic heterocycles. The second-order valence-electron chi connectivity index (χ2n) is 6.61. The van der Waals surface area contributed by atoms with Crippen LogP contribution < -0.4 is 5.32 Å². The fourth-order valence-corrected chi connectivity index (χ4v) is 3.89. The Hall–Kier alpha value is -2.39. The Morgan fingerprint density at radius 1 is 1.31 bits per heavy atom. The van der Waals surface area contributed by atoms with Gasteiger partial charge in [-0.05, 0) is 26.3 Å². The van der Waals surface area contributed by atoms with Gasteiger partial charge in [-0.2, -0.15) is 0 Å². The van der Waals surface area contributed by atoms with Crippen molar-refractivity contribution >= 4 is 22.3 Å². The van der Waals surface area contributed by atoms with Gasteiger partial charge in [-0.25, -0.2) is 15.0 Å². The molecule has 8 nitrogen and oxygen atoms in total. The van der Waals surface area contributed by atoms with Crippen molar-refractivity contribution in [1.29, 1.82) is 0 Å². The molecule has 4 heterocycles. The van der Waals surface area contributed by atoms with Crippen LogP contribution in [0.5, 0.6) is 0 Å². The van der Waals surface area contributed by atoms with Crippen LogP contribution in [0, 0.1) is 6.92 Å². The smallest absolute Gasteiger partial charge is 0.210 e. The summed E-state index contributed by atoms with van der Waals surface area (Å²) in [6.07, 6.45) is 7.46. The molecule has 26 heavy (non-hydrogen) atoms. The van der Waals surface area contributed by atoms with Crippen molar-refractivity contribution in [2.75, 3.05) is 11.9 Å². The van der Waals surface area contributed by atoms with Crippen molar-refractivity contribution in [3.05, 3.63) is 41.3 Å². The van der Waals surface area contributed by atoms with Gasteiger partial charge in [-0.3, -0.25) is 4.90 Å². The van der Waals surface area contributed by atoms with Gasteiger partial charge in [0.2, 0.25) is 5.13 Å². The van der Waals surface area contributed by atoms with Gasteiger partial charge in [-0.15, -0.1) is 10.2 Å². The summed E-state index contributed by atoms with van der Waals surface area (Å²) in [5.74, 6) is 1.53. The molecule has 0 aliphatic carbocycles. The van der Waals surface area contributed by atoms with Crippen LogP contribution in [0.2, 0.25) is 0 Å². The topological polar surface area (TPSA) is 84.7 Å². The molecule has 0 radical (unpaired) electrons. The number of imidazole rings is 1. The Balaban J connectivity index is 1.58. The van der Waals surface area contributed by atoms with Crippen LogP contribution in [0.1, 0.15) is 42.5 Å². The Kier molecular flexibility index (Phi) is 4.89. The van der Waals surface area contributed by atoms with Crippen LogP contribution in [0.25, 0.3) is 0 Å². The van der Waals surface area contributed by atoms with Gasteiger partial charge in [-0.1, -0.05) is 17.8 Å². The van der Waals surface area contributed by atoms with E-state index in [2.05, 4.69) is 36.6 Å². The van der Waals surface area contributed by atoms with Gasteiger partial charge in [0, 0.05) is 25.9 Å². The van der Waals surface area contributed by atoms with Gasteiger partial charge < -0.3 is 9.88 Å². The van der Waals surface area contributed by atoms with E-state index in [1.165, 1.54) is 24.2 Å². The summed E-state index contributed by atoms with van der Waals surface area (Å²) >= 11 is 1.45. The summed E-state index contributed by atoms with van der Waals surface area (Å²) in [7, 11) is 2.00. The minimum absolute atomic E-state index is 0.280. The summed E-state index contributed by atoms with van der Waals surface area (Å²) in [6.45, 7) is 3.83. The summed E-state index contributed by atoms with van der Waals surface area (Å²) in [4.78, 5) is 16.2. The number of piperidine rings is 1. The monoisotopic (exact) mass is 370 g/mol. The molecule has 9 heteroatoms. The van der Waals surface area contributed by atoms with Gasteiger partial charge in [0.15, 0.2) is 0 Å². The molecule has 1 fully saturated rings. The number of aryl methyl sites for hydroxylation is 2. The lowest BCUT2D eigenvalue weighted by atomic mass is 9.98. The summed E-state index contributed by atoms with van der Waals surface area (Å²) in [6, 6.07) is 2.32. The van der Waals surface area contributed by atoms with Gasteiger partial charge in [0.05, 0.1) is 23.8 Å². The van der Waals surface area contributed by atoms with E-state index >= 15 is 0 Å². The van der Waals surface area contributed by atoms with Gasteiger partial charge >= 0.3 is 0 Å². The van der Waals surface area contributed by atoms with Crippen LogP contribution in [0.15, 0.2) is 24.1 Å². The van der Waals surface area contributed by atoms with Crippen molar-refractivity contribution in [2.24, 2.45) is 7.05 Å². The third-order valence-electron chi connectivity index (χ3n) is 4.53. The zero-order valence-electron chi connectivity index (χ0n) is 15.0. The molecular weight excluding hydrogens is 348 g/mol. The van der Waals surface area contributed by atoms with Crippen LogP contribution in [-0.2, 0) is 13.6 Å². The molecule has 0 spiro atoms. The van der Waals surface area contributed by atoms with Crippen molar-refractivity contribution in [3.8, 4) is 0 Å². The van der Waals surface area contributed by atoms with E-state index < -0.39 is 0 Å². The van der Waals surface area contributed by atoms with E-state index in [-0.39, 0.29) is 6.04 Å². The average molecular weight is 370 g/mol. The number of likely N-dealkylation sites (tertiary alicyclic amines) is 1. The number of aromatic nitrogens is 6. The maximum absolute atomic E-state index is 4.73. The van der Waals surface area contributed by atoms with E-state index in [0.29, 0.717) is 0 Å². The number of hydrogen-bond donors (Lipinski definition) is 1. The first-order valence-corrected chi connectivity index (χ1v) is 9.65. The Morgan fingerprint density at radius 3 is 3.00 bits per heavy atom. The summed E-state index contributed by atoms with van der Waals surface area (Å²) in [5, 5.41) is 11.9. The Bertz CT molecular complexity index is 860. The van der Waals surface area contributed by atoms with Crippen LogP contribution in [0.3, 0.4) is 0 Å². The highest BCUT2D eigenvalue weighted by molar-refractivity contribution is 7.13. The summed E-state index contributed by atoms with van der Waals surface area (Å²) in [5.41, 5.74) is 3.85. The largest absolute Gasteiger partial charge is 0.340 e. The van der Waals surface area contributed by atoms with Crippen LogP contribution >= 0.6 is 11.3 Å². The molecular formula is C17H22N8S. The lowest BCUT2D eigenvalue weighted by Crippen LogP contribution is -2.33. The van der Waals surface area contributed by atoms with E-state index in [1.54, 1.807) is 5.51 Å². The van der Waals surface area contributed by atoms with Crippen molar-refractivity contribution in [3.63, 3.8) is 0 Å². The lowest BCUT2D eigenvalue weighted by Gasteiger charge is -2.35. The fraction of sp³-hybridized carbons (Fsp3) is 0.471. The normalized spacial score (nSPS) is 18.2. The quantitative estimate of drug-likeness (QED) is 0.739. The van der Waals surface area contributed by atoms with Crippen LogP contribution in [-0.4, -0.2) is 41.2 Å². The van der Waals surface area contributed by atoms with E-state index in [1.807, 2.05) is 30.9 Å². The number of nitrogens with one attached hydrogen (secondary N) is 1. The standard InChI is InChI=1S/C17H22N8S/c1-12-20-14(7-16(21-12)22-17-23-19-11-26-17)15-5-3-4-6-25(15)9-13-8-24(2)10-18-13/h7-8,10-11,15H,3-6,9H2,1-2H3,(H,20,21,22,23)/t15-/m1/s1. The summed E-state index contributed by atoms with van der Waals surface area (Å²) < 4.78 is 1.99. The molecule has 0 aromatic carbocycles. The molecule has 0 amide bonds. The SMILES string of the molecule is Cc1nc(Nc2nncs2)cc([C@H]2CCCCN2Cc2cn(C)cn2)n1. The van der Waals surface area contributed by atoms with Crippen molar-refractivity contribution in [1.82, 2.24) is 34.6 Å². The third kappa shape index (κ3) is 3.88. The molecule has 0 unspecified atom stereocenters.